The summed E-state index contributed by atoms with van der Waals surface area (Å²) in [6.45, 7) is 6.29. The summed E-state index contributed by atoms with van der Waals surface area (Å²) in [6, 6.07) is 4.28. The number of hydrogen-bond acceptors (Lipinski definition) is 3. The Morgan fingerprint density at radius 1 is 1.04 bits per heavy atom. The highest BCUT2D eigenvalue weighted by molar-refractivity contribution is 6.26. The molecule has 1 aliphatic carbocycles. The first-order valence-electron chi connectivity index (χ1n) is 8.50. The standard InChI is InChI=1S/C20H22O3/c1-4-11-8-10(3)9-12(5-2)15(11)18-19(21)16-13-6-7-14(23-13)17(16)20(18)22/h6-9,13-14,16-17,21H,4-5H2,1-3H3/t13-,14+,16-,17+/m1/s1. The van der Waals surface area contributed by atoms with Crippen molar-refractivity contribution in [3.63, 3.8) is 0 Å². The number of aliphatic hydroxyl groups excluding tert-OH is 1. The summed E-state index contributed by atoms with van der Waals surface area (Å²) >= 11 is 0. The largest absolute Gasteiger partial charge is 0.511 e. The molecule has 3 nitrogen and oxygen atoms in total. The van der Waals surface area contributed by atoms with Gasteiger partial charge >= 0.3 is 0 Å². The lowest BCUT2D eigenvalue weighted by atomic mass is 9.83. The highest BCUT2D eigenvalue weighted by Gasteiger charge is 2.57. The molecule has 2 heterocycles. The molecule has 23 heavy (non-hydrogen) atoms. The minimum Gasteiger partial charge on any atom is -0.511 e. The molecule has 1 aromatic rings. The minimum absolute atomic E-state index is 0.0533. The van der Waals surface area contributed by atoms with Crippen LogP contribution in [-0.2, 0) is 22.4 Å². The van der Waals surface area contributed by atoms with Gasteiger partial charge in [-0.05, 0) is 36.5 Å². The molecule has 0 saturated carbocycles. The highest BCUT2D eigenvalue weighted by Crippen LogP contribution is 2.51. The van der Waals surface area contributed by atoms with E-state index in [4.69, 9.17) is 4.74 Å². The molecule has 4 atom stereocenters. The van der Waals surface area contributed by atoms with Gasteiger partial charge in [-0.1, -0.05) is 43.7 Å². The van der Waals surface area contributed by atoms with E-state index in [2.05, 4.69) is 32.9 Å². The molecule has 0 amide bonds. The number of ketones is 1. The van der Waals surface area contributed by atoms with Crippen LogP contribution in [0.15, 0.2) is 30.0 Å². The number of carbonyl (C=O) groups is 1. The maximum atomic E-state index is 13.1. The lowest BCUT2D eigenvalue weighted by molar-refractivity contribution is -0.118. The quantitative estimate of drug-likeness (QED) is 0.869. The monoisotopic (exact) mass is 310 g/mol. The van der Waals surface area contributed by atoms with Crippen molar-refractivity contribution in [2.45, 2.75) is 45.8 Å². The van der Waals surface area contributed by atoms with E-state index in [-0.39, 0.29) is 35.6 Å². The van der Waals surface area contributed by atoms with E-state index in [0.717, 1.165) is 29.5 Å². The van der Waals surface area contributed by atoms with Gasteiger partial charge in [-0.25, -0.2) is 0 Å². The Kier molecular flexibility index (Phi) is 3.24. The summed E-state index contributed by atoms with van der Waals surface area (Å²) in [7, 11) is 0. The average Bonchev–Trinajstić information content (AvgIpc) is 3.21. The molecule has 3 aliphatic rings. The molecule has 4 rings (SSSR count). The van der Waals surface area contributed by atoms with Gasteiger partial charge in [-0.2, -0.15) is 0 Å². The summed E-state index contributed by atoms with van der Waals surface area (Å²) in [5.41, 5.74) is 5.03. The first-order valence-corrected chi connectivity index (χ1v) is 8.50. The van der Waals surface area contributed by atoms with E-state index < -0.39 is 0 Å². The molecule has 0 spiro atoms. The molecule has 1 N–H and O–H groups in total. The molecule has 0 radical (unpaired) electrons. The van der Waals surface area contributed by atoms with E-state index in [1.165, 1.54) is 5.56 Å². The molecular weight excluding hydrogens is 288 g/mol. The van der Waals surface area contributed by atoms with Gasteiger partial charge in [-0.3, -0.25) is 4.79 Å². The van der Waals surface area contributed by atoms with Crippen LogP contribution in [0.3, 0.4) is 0 Å². The van der Waals surface area contributed by atoms with Gasteiger partial charge in [0.25, 0.3) is 0 Å². The SMILES string of the molecule is CCc1cc(C)cc(CC)c1C1=C(O)[C@H]2[C@@H](C1=O)[C@@H]1C=C[C@H]2O1. The molecule has 1 fully saturated rings. The third-order valence-electron chi connectivity index (χ3n) is 5.48. The van der Waals surface area contributed by atoms with Gasteiger partial charge in [-0.15, -0.1) is 0 Å². The van der Waals surface area contributed by atoms with E-state index in [1.807, 2.05) is 12.2 Å². The van der Waals surface area contributed by atoms with Crippen LogP contribution in [0.1, 0.15) is 36.1 Å². The molecular formula is C20H22O3. The van der Waals surface area contributed by atoms with Crippen LogP contribution >= 0.6 is 0 Å². The van der Waals surface area contributed by atoms with Crippen molar-refractivity contribution in [3.05, 3.63) is 52.3 Å². The number of Topliss-reactive ketones (excluding diaryl/α,β-unsaturated/α-hetero) is 1. The summed E-state index contributed by atoms with van der Waals surface area (Å²) in [5.74, 6) is -0.137. The zero-order valence-electron chi connectivity index (χ0n) is 13.8. The Hall–Kier alpha value is -1.87. The lowest BCUT2D eigenvalue weighted by Gasteiger charge is -2.17. The predicted molar refractivity (Wildman–Crippen MR) is 89.3 cm³/mol. The molecule has 0 aromatic heterocycles. The first-order chi connectivity index (χ1) is 11.1. The van der Waals surface area contributed by atoms with Crippen molar-refractivity contribution in [2.75, 3.05) is 0 Å². The molecule has 120 valence electrons. The number of aliphatic hydroxyl groups is 1. The molecule has 1 saturated heterocycles. The van der Waals surface area contributed by atoms with Crippen LogP contribution in [0.2, 0.25) is 0 Å². The Labute approximate surface area is 136 Å². The number of benzene rings is 1. The van der Waals surface area contributed by atoms with Crippen LogP contribution in [0.4, 0.5) is 0 Å². The number of hydrogen-bond donors (Lipinski definition) is 1. The summed E-state index contributed by atoms with van der Waals surface area (Å²) < 4.78 is 5.77. The third-order valence-corrected chi connectivity index (χ3v) is 5.48. The molecule has 2 aliphatic heterocycles. The Morgan fingerprint density at radius 2 is 1.61 bits per heavy atom. The normalized spacial score (nSPS) is 31.3. The number of rotatable bonds is 3. The number of aryl methyl sites for hydroxylation is 3. The van der Waals surface area contributed by atoms with E-state index >= 15 is 0 Å². The van der Waals surface area contributed by atoms with Crippen LogP contribution in [0.5, 0.6) is 0 Å². The zero-order chi connectivity index (χ0) is 16.3. The van der Waals surface area contributed by atoms with Crippen molar-refractivity contribution >= 4 is 11.4 Å². The van der Waals surface area contributed by atoms with Crippen LogP contribution in [-0.4, -0.2) is 23.1 Å². The second kappa shape index (κ2) is 5.07. The fourth-order valence-electron chi connectivity index (χ4n) is 4.48. The number of ether oxygens (including phenoxy) is 1. The average molecular weight is 310 g/mol. The maximum absolute atomic E-state index is 13.1. The summed E-state index contributed by atoms with van der Waals surface area (Å²) in [6.07, 6.45) is 5.34. The van der Waals surface area contributed by atoms with Crippen LogP contribution in [0.25, 0.3) is 5.57 Å². The van der Waals surface area contributed by atoms with E-state index in [9.17, 15) is 9.90 Å². The van der Waals surface area contributed by atoms with E-state index in [1.54, 1.807) is 0 Å². The molecule has 1 aromatic carbocycles. The van der Waals surface area contributed by atoms with Gasteiger partial charge in [0.2, 0.25) is 0 Å². The maximum Gasteiger partial charge on any atom is 0.173 e. The minimum atomic E-state index is -0.240. The molecule has 3 heteroatoms. The highest BCUT2D eigenvalue weighted by atomic mass is 16.5. The fourth-order valence-corrected chi connectivity index (χ4v) is 4.48. The summed E-state index contributed by atoms with van der Waals surface area (Å²) in [5, 5.41) is 10.9. The third kappa shape index (κ3) is 1.89. The van der Waals surface area contributed by atoms with Crippen molar-refractivity contribution < 1.29 is 14.6 Å². The summed E-state index contributed by atoms with van der Waals surface area (Å²) in [4.78, 5) is 13.1. The second-order valence-corrected chi connectivity index (χ2v) is 6.79. The first kappa shape index (κ1) is 14.7. The zero-order valence-corrected chi connectivity index (χ0v) is 13.8. The van der Waals surface area contributed by atoms with E-state index in [0.29, 0.717) is 5.57 Å². The van der Waals surface area contributed by atoms with Crippen molar-refractivity contribution in [1.29, 1.82) is 0 Å². The van der Waals surface area contributed by atoms with Crippen molar-refractivity contribution in [1.82, 2.24) is 0 Å². The fraction of sp³-hybridized carbons (Fsp3) is 0.450. The Balaban J connectivity index is 1.90. The Bertz CT molecular complexity index is 731. The molecule has 2 bridgehead atoms. The number of fused-ring (bicyclic) bond motifs is 5. The van der Waals surface area contributed by atoms with Crippen molar-refractivity contribution in [2.24, 2.45) is 11.8 Å². The lowest BCUT2D eigenvalue weighted by Crippen LogP contribution is -2.26. The number of allylic oxidation sites excluding steroid dienone is 1. The van der Waals surface area contributed by atoms with Crippen LogP contribution < -0.4 is 0 Å². The van der Waals surface area contributed by atoms with Gasteiger partial charge < -0.3 is 9.84 Å². The molecule has 0 unspecified atom stereocenters. The predicted octanol–water partition coefficient (Wildman–Crippen LogP) is 3.54. The van der Waals surface area contributed by atoms with Gasteiger partial charge in [0.1, 0.15) is 5.76 Å². The topological polar surface area (TPSA) is 46.5 Å². The Morgan fingerprint density at radius 3 is 2.13 bits per heavy atom. The van der Waals surface area contributed by atoms with Gasteiger partial charge in [0, 0.05) is 0 Å². The van der Waals surface area contributed by atoms with Gasteiger partial charge in [0.15, 0.2) is 5.78 Å². The second-order valence-electron chi connectivity index (χ2n) is 6.79. The van der Waals surface area contributed by atoms with Crippen LogP contribution in [0, 0.1) is 18.8 Å². The smallest absolute Gasteiger partial charge is 0.173 e. The van der Waals surface area contributed by atoms with Gasteiger partial charge in [0.05, 0.1) is 29.6 Å². The number of carbonyl (C=O) groups excluding carboxylic acids is 1. The van der Waals surface area contributed by atoms with Crippen molar-refractivity contribution in [3.8, 4) is 0 Å².